The Bertz CT molecular complexity index is 564. The molecule has 3 unspecified atom stereocenters. The largest absolute Gasteiger partial charge is 0.490 e. The summed E-state index contributed by atoms with van der Waals surface area (Å²) in [5, 5.41) is 9.72. The van der Waals surface area contributed by atoms with Crippen LogP contribution in [0.1, 0.15) is 30.7 Å². The van der Waals surface area contributed by atoms with E-state index in [0.717, 1.165) is 18.4 Å². The average molecular weight is 290 g/mol. The predicted molar refractivity (Wildman–Crippen MR) is 73.2 cm³/mol. The molecule has 0 bridgehead atoms. The van der Waals surface area contributed by atoms with Crippen molar-refractivity contribution in [2.45, 2.75) is 37.1 Å². The van der Waals surface area contributed by atoms with E-state index in [1.807, 2.05) is 24.3 Å². The number of fused-ring (bicyclic) bond motifs is 2. The van der Waals surface area contributed by atoms with Crippen molar-refractivity contribution >= 4 is 5.97 Å². The van der Waals surface area contributed by atoms with E-state index < -0.39 is 17.7 Å². The second-order valence-electron chi connectivity index (χ2n) is 6.02. The van der Waals surface area contributed by atoms with Crippen LogP contribution in [-0.2, 0) is 14.3 Å². The molecule has 0 amide bonds. The van der Waals surface area contributed by atoms with Crippen LogP contribution in [0.3, 0.4) is 0 Å². The number of ether oxygens (including phenoxy) is 3. The van der Waals surface area contributed by atoms with Gasteiger partial charge in [0, 0.05) is 24.3 Å². The normalized spacial score (nSPS) is 33.0. The van der Waals surface area contributed by atoms with Crippen LogP contribution in [0.5, 0.6) is 5.75 Å². The molecule has 0 radical (unpaired) electrons. The van der Waals surface area contributed by atoms with Crippen molar-refractivity contribution in [3.05, 3.63) is 29.8 Å². The number of para-hydroxylation sites is 1. The predicted octanol–water partition coefficient (Wildman–Crippen LogP) is 2.16. The van der Waals surface area contributed by atoms with E-state index in [2.05, 4.69) is 0 Å². The third-order valence-electron chi connectivity index (χ3n) is 4.87. The standard InChI is InChI=1S/C16H18O5/c17-15(18)14-10-3-1-2-4-12(10)21-13-5-6-16(9-11(13)14)19-7-8-20-16/h1-4,11,13-14H,5-9H2,(H,17,18). The van der Waals surface area contributed by atoms with Gasteiger partial charge in [-0.1, -0.05) is 18.2 Å². The number of carbonyl (C=O) groups is 1. The van der Waals surface area contributed by atoms with Gasteiger partial charge in [-0.3, -0.25) is 4.79 Å². The van der Waals surface area contributed by atoms with Gasteiger partial charge in [0.1, 0.15) is 11.9 Å². The van der Waals surface area contributed by atoms with Crippen LogP contribution in [0, 0.1) is 5.92 Å². The number of aliphatic carboxylic acids is 1. The Kier molecular flexibility index (Phi) is 2.94. The topological polar surface area (TPSA) is 65.0 Å². The van der Waals surface area contributed by atoms with E-state index in [4.69, 9.17) is 14.2 Å². The molecule has 21 heavy (non-hydrogen) atoms. The van der Waals surface area contributed by atoms with Crippen molar-refractivity contribution in [2.75, 3.05) is 13.2 Å². The molecule has 1 aromatic carbocycles. The minimum atomic E-state index is -0.796. The molecule has 1 aliphatic carbocycles. The summed E-state index contributed by atoms with van der Waals surface area (Å²) in [6.45, 7) is 1.18. The first-order chi connectivity index (χ1) is 10.2. The van der Waals surface area contributed by atoms with Gasteiger partial charge >= 0.3 is 5.97 Å². The molecule has 3 aliphatic rings. The monoisotopic (exact) mass is 290 g/mol. The van der Waals surface area contributed by atoms with E-state index in [9.17, 15) is 9.90 Å². The summed E-state index contributed by atoms with van der Waals surface area (Å²) in [7, 11) is 0. The number of benzene rings is 1. The van der Waals surface area contributed by atoms with Gasteiger partial charge in [-0.15, -0.1) is 0 Å². The highest BCUT2D eigenvalue weighted by molar-refractivity contribution is 5.78. The van der Waals surface area contributed by atoms with Crippen molar-refractivity contribution in [1.29, 1.82) is 0 Å². The lowest BCUT2D eigenvalue weighted by Gasteiger charge is -2.46. The van der Waals surface area contributed by atoms with Crippen molar-refractivity contribution in [3.8, 4) is 5.75 Å². The van der Waals surface area contributed by atoms with E-state index in [1.165, 1.54) is 0 Å². The first-order valence-electron chi connectivity index (χ1n) is 7.45. The molecule has 1 aromatic rings. The van der Waals surface area contributed by atoms with Gasteiger partial charge in [0.05, 0.1) is 19.1 Å². The molecule has 5 nitrogen and oxygen atoms in total. The first-order valence-corrected chi connectivity index (χ1v) is 7.45. The van der Waals surface area contributed by atoms with Crippen molar-refractivity contribution < 1.29 is 24.1 Å². The van der Waals surface area contributed by atoms with Crippen LogP contribution in [0.25, 0.3) is 0 Å². The smallest absolute Gasteiger partial charge is 0.311 e. The fourth-order valence-corrected chi connectivity index (χ4v) is 3.96. The second-order valence-corrected chi connectivity index (χ2v) is 6.02. The minimum Gasteiger partial charge on any atom is -0.490 e. The maximum Gasteiger partial charge on any atom is 0.311 e. The molecule has 4 rings (SSSR count). The molecule has 2 aliphatic heterocycles. The molecular formula is C16H18O5. The molecule has 5 heteroatoms. The fourth-order valence-electron chi connectivity index (χ4n) is 3.96. The summed E-state index contributed by atoms with van der Waals surface area (Å²) in [6.07, 6.45) is 2.05. The average Bonchev–Trinajstić information content (AvgIpc) is 2.92. The number of carboxylic acids is 1. The number of carboxylic acid groups (broad SMARTS) is 1. The molecule has 1 spiro atoms. The minimum absolute atomic E-state index is 0.0700. The SMILES string of the molecule is O=C(O)C1c2ccccc2OC2CCC3(CC21)OCCO3. The Morgan fingerprint density at radius 2 is 2.00 bits per heavy atom. The molecule has 2 fully saturated rings. The van der Waals surface area contributed by atoms with Crippen LogP contribution in [0.15, 0.2) is 24.3 Å². The lowest BCUT2D eigenvalue weighted by atomic mass is 9.71. The summed E-state index contributed by atoms with van der Waals surface area (Å²) in [5.74, 6) is -1.34. The Morgan fingerprint density at radius 3 is 2.76 bits per heavy atom. The molecule has 2 heterocycles. The van der Waals surface area contributed by atoms with Crippen LogP contribution in [-0.4, -0.2) is 36.2 Å². The van der Waals surface area contributed by atoms with Gasteiger partial charge in [0.2, 0.25) is 0 Å². The van der Waals surface area contributed by atoms with Gasteiger partial charge in [-0.25, -0.2) is 0 Å². The first kappa shape index (κ1) is 13.1. The maximum atomic E-state index is 11.8. The zero-order valence-corrected chi connectivity index (χ0v) is 11.7. The summed E-state index contributed by atoms with van der Waals surface area (Å²) in [5.41, 5.74) is 0.765. The third kappa shape index (κ3) is 2.03. The lowest BCUT2D eigenvalue weighted by molar-refractivity contribution is -0.205. The van der Waals surface area contributed by atoms with Gasteiger partial charge in [-0.05, 0) is 12.5 Å². The zero-order valence-electron chi connectivity index (χ0n) is 11.7. The molecule has 3 atom stereocenters. The molecule has 1 N–H and O–H groups in total. The second kappa shape index (κ2) is 4.71. The van der Waals surface area contributed by atoms with Gasteiger partial charge in [0.15, 0.2) is 5.79 Å². The van der Waals surface area contributed by atoms with Gasteiger partial charge in [0.25, 0.3) is 0 Å². The highest BCUT2D eigenvalue weighted by Crippen LogP contribution is 2.50. The van der Waals surface area contributed by atoms with Gasteiger partial charge in [-0.2, -0.15) is 0 Å². The molecule has 1 saturated carbocycles. The fraction of sp³-hybridized carbons (Fsp3) is 0.562. The van der Waals surface area contributed by atoms with E-state index in [1.54, 1.807) is 0 Å². The Labute approximate surface area is 122 Å². The highest BCUT2D eigenvalue weighted by atomic mass is 16.7. The Morgan fingerprint density at radius 1 is 1.24 bits per heavy atom. The molecule has 1 saturated heterocycles. The summed E-state index contributed by atoms with van der Waals surface area (Å²) >= 11 is 0. The molecule has 0 aromatic heterocycles. The van der Waals surface area contributed by atoms with Crippen LogP contribution < -0.4 is 4.74 Å². The quantitative estimate of drug-likeness (QED) is 0.858. The summed E-state index contributed by atoms with van der Waals surface area (Å²) in [6, 6.07) is 7.45. The lowest BCUT2D eigenvalue weighted by Crippen LogP contribution is -2.49. The van der Waals surface area contributed by atoms with E-state index in [0.29, 0.717) is 25.4 Å². The van der Waals surface area contributed by atoms with Crippen molar-refractivity contribution in [1.82, 2.24) is 0 Å². The number of hydrogen-bond donors (Lipinski definition) is 1. The van der Waals surface area contributed by atoms with Crippen LogP contribution in [0.4, 0.5) is 0 Å². The van der Waals surface area contributed by atoms with Crippen molar-refractivity contribution in [2.24, 2.45) is 5.92 Å². The Balaban J connectivity index is 1.72. The molecule has 112 valence electrons. The Hall–Kier alpha value is -1.59. The zero-order chi connectivity index (χ0) is 14.4. The summed E-state index contributed by atoms with van der Waals surface area (Å²) in [4.78, 5) is 11.8. The van der Waals surface area contributed by atoms with Crippen LogP contribution >= 0.6 is 0 Å². The molecular weight excluding hydrogens is 272 g/mol. The number of rotatable bonds is 1. The van der Waals surface area contributed by atoms with Gasteiger partial charge < -0.3 is 19.3 Å². The third-order valence-corrected chi connectivity index (χ3v) is 4.87. The number of hydrogen-bond acceptors (Lipinski definition) is 4. The van der Waals surface area contributed by atoms with Crippen molar-refractivity contribution in [3.63, 3.8) is 0 Å². The summed E-state index contributed by atoms with van der Waals surface area (Å²) < 4.78 is 17.6. The van der Waals surface area contributed by atoms with E-state index in [-0.39, 0.29) is 12.0 Å². The highest BCUT2D eigenvalue weighted by Gasteiger charge is 2.52. The van der Waals surface area contributed by atoms with E-state index >= 15 is 0 Å². The van der Waals surface area contributed by atoms with Crippen LogP contribution in [0.2, 0.25) is 0 Å². The maximum absolute atomic E-state index is 11.8.